The maximum Gasteiger partial charge on any atom is 0.136 e. The fraction of sp³-hybridized carbons (Fsp3) is 0.500. The Morgan fingerprint density at radius 3 is 3.42 bits per heavy atom. The number of fused-ring (bicyclic) bond motifs is 1. The largest absolute Gasteiger partial charge is 0.358 e. The van der Waals surface area contributed by atoms with Crippen LogP contribution in [0.5, 0.6) is 0 Å². The summed E-state index contributed by atoms with van der Waals surface area (Å²) >= 11 is 0. The van der Waals surface area contributed by atoms with Crippen LogP contribution in [0.15, 0.2) is 12.5 Å². The van der Waals surface area contributed by atoms with Gasteiger partial charge in [0.25, 0.3) is 0 Å². The Morgan fingerprint density at radius 1 is 1.58 bits per heavy atom. The summed E-state index contributed by atoms with van der Waals surface area (Å²) in [5, 5.41) is 3.31. The van der Waals surface area contributed by atoms with Crippen LogP contribution in [-0.2, 0) is 6.54 Å². The summed E-state index contributed by atoms with van der Waals surface area (Å²) in [5.74, 6) is 1.05. The Bertz CT molecular complexity index is 274. The van der Waals surface area contributed by atoms with E-state index < -0.39 is 0 Å². The fourth-order valence-electron chi connectivity index (χ4n) is 1.40. The third-order valence-electron chi connectivity index (χ3n) is 2.07. The van der Waals surface area contributed by atoms with Crippen LogP contribution in [0.3, 0.4) is 0 Å². The van der Waals surface area contributed by atoms with E-state index in [4.69, 9.17) is 0 Å². The first kappa shape index (κ1) is 7.49. The molecule has 1 aliphatic rings. The molecule has 12 heavy (non-hydrogen) atoms. The number of rotatable bonds is 0. The number of hydrogen-bond acceptors (Lipinski definition) is 4. The summed E-state index contributed by atoms with van der Waals surface area (Å²) in [6, 6.07) is 0. The maximum atomic E-state index is 4.24. The van der Waals surface area contributed by atoms with Gasteiger partial charge in [0.05, 0.1) is 0 Å². The van der Waals surface area contributed by atoms with Gasteiger partial charge in [-0.2, -0.15) is 0 Å². The zero-order chi connectivity index (χ0) is 8.39. The van der Waals surface area contributed by atoms with Crippen molar-refractivity contribution in [3.8, 4) is 0 Å². The van der Waals surface area contributed by atoms with Gasteiger partial charge in [-0.15, -0.1) is 0 Å². The van der Waals surface area contributed by atoms with Crippen molar-refractivity contribution in [2.24, 2.45) is 0 Å². The van der Waals surface area contributed by atoms with Gasteiger partial charge in [-0.25, -0.2) is 9.97 Å². The molecule has 0 unspecified atom stereocenters. The lowest BCUT2D eigenvalue weighted by molar-refractivity contribution is 0.706. The molecule has 0 spiro atoms. The minimum atomic E-state index is 0.876. The Morgan fingerprint density at radius 2 is 2.50 bits per heavy atom. The van der Waals surface area contributed by atoms with Crippen LogP contribution in [0, 0.1) is 0 Å². The summed E-state index contributed by atoms with van der Waals surface area (Å²) in [7, 11) is 2.05. The third kappa shape index (κ3) is 1.25. The molecule has 1 aromatic rings. The van der Waals surface area contributed by atoms with Crippen molar-refractivity contribution in [2.75, 3.05) is 25.0 Å². The molecule has 0 saturated carbocycles. The number of anilines is 1. The van der Waals surface area contributed by atoms with Crippen LogP contribution in [0.25, 0.3) is 0 Å². The number of aromatic nitrogens is 2. The van der Waals surface area contributed by atoms with Gasteiger partial charge < -0.3 is 10.2 Å². The smallest absolute Gasteiger partial charge is 0.136 e. The van der Waals surface area contributed by atoms with E-state index in [9.17, 15) is 0 Å². The van der Waals surface area contributed by atoms with Crippen LogP contribution in [-0.4, -0.2) is 30.1 Å². The topological polar surface area (TPSA) is 41.0 Å². The predicted octanol–water partition coefficient (Wildman–Crippen LogP) is 0.0160. The van der Waals surface area contributed by atoms with Crippen LogP contribution in [0.2, 0.25) is 0 Å². The minimum Gasteiger partial charge on any atom is -0.358 e. The molecular weight excluding hydrogens is 152 g/mol. The molecule has 1 N–H and O–H groups in total. The molecule has 1 aliphatic heterocycles. The molecule has 2 rings (SSSR count). The van der Waals surface area contributed by atoms with Gasteiger partial charge in [-0.05, 0) is 0 Å². The first-order chi connectivity index (χ1) is 5.88. The van der Waals surface area contributed by atoms with Crippen molar-refractivity contribution in [2.45, 2.75) is 6.54 Å². The van der Waals surface area contributed by atoms with Crippen molar-refractivity contribution in [3.63, 3.8) is 0 Å². The van der Waals surface area contributed by atoms with Crippen LogP contribution < -0.4 is 10.2 Å². The van der Waals surface area contributed by atoms with Gasteiger partial charge in [0.1, 0.15) is 12.1 Å². The number of likely N-dealkylation sites (N-methyl/N-ethyl adjacent to an activating group) is 1. The lowest BCUT2D eigenvalue weighted by Crippen LogP contribution is -2.25. The Balaban J connectivity index is 2.39. The molecule has 0 radical (unpaired) electrons. The Kier molecular flexibility index (Phi) is 1.91. The van der Waals surface area contributed by atoms with E-state index in [-0.39, 0.29) is 0 Å². The minimum absolute atomic E-state index is 0.876. The molecule has 0 aliphatic carbocycles. The van der Waals surface area contributed by atoms with Gasteiger partial charge in [0, 0.05) is 38.4 Å². The summed E-state index contributed by atoms with van der Waals surface area (Å²) < 4.78 is 0. The second kappa shape index (κ2) is 3.06. The van der Waals surface area contributed by atoms with E-state index in [1.165, 1.54) is 5.56 Å². The first-order valence-corrected chi connectivity index (χ1v) is 4.08. The zero-order valence-electron chi connectivity index (χ0n) is 7.12. The van der Waals surface area contributed by atoms with Gasteiger partial charge in [-0.3, -0.25) is 0 Å². The summed E-state index contributed by atoms with van der Waals surface area (Å²) in [6.07, 6.45) is 3.47. The molecule has 0 amide bonds. The van der Waals surface area contributed by atoms with Gasteiger partial charge >= 0.3 is 0 Å². The molecule has 1 aromatic heterocycles. The van der Waals surface area contributed by atoms with E-state index in [2.05, 4.69) is 27.2 Å². The predicted molar refractivity (Wildman–Crippen MR) is 47.0 cm³/mol. The highest BCUT2D eigenvalue weighted by Gasteiger charge is 2.11. The van der Waals surface area contributed by atoms with Gasteiger partial charge in [-0.1, -0.05) is 0 Å². The normalized spacial score (nSPS) is 16.9. The summed E-state index contributed by atoms with van der Waals surface area (Å²) in [5.41, 5.74) is 1.18. The quantitative estimate of drug-likeness (QED) is 0.586. The van der Waals surface area contributed by atoms with Crippen molar-refractivity contribution >= 4 is 5.82 Å². The molecule has 0 aromatic carbocycles. The number of hydrogen-bond donors (Lipinski definition) is 1. The average molecular weight is 164 g/mol. The highest BCUT2D eigenvalue weighted by atomic mass is 15.2. The molecule has 4 nitrogen and oxygen atoms in total. The molecular formula is C8H12N4. The summed E-state index contributed by atoms with van der Waals surface area (Å²) in [6.45, 7) is 2.89. The van der Waals surface area contributed by atoms with E-state index >= 15 is 0 Å². The van der Waals surface area contributed by atoms with E-state index in [1.807, 2.05) is 6.20 Å². The first-order valence-electron chi connectivity index (χ1n) is 4.08. The standard InChI is InChI=1S/C8H12N4/c1-12-3-2-9-4-7-5-10-6-11-8(7)12/h5-6,9H,2-4H2,1H3. The second-order valence-electron chi connectivity index (χ2n) is 2.97. The molecule has 2 heterocycles. The summed E-state index contributed by atoms with van der Waals surface area (Å²) in [4.78, 5) is 10.4. The van der Waals surface area contributed by atoms with Gasteiger partial charge in [0.15, 0.2) is 0 Å². The van der Waals surface area contributed by atoms with Crippen molar-refractivity contribution in [1.29, 1.82) is 0 Å². The number of nitrogens with zero attached hydrogens (tertiary/aromatic N) is 3. The second-order valence-corrected chi connectivity index (χ2v) is 2.97. The van der Waals surface area contributed by atoms with Gasteiger partial charge in [0.2, 0.25) is 0 Å². The van der Waals surface area contributed by atoms with E-state index in [0.29, 0.717) is 0 Å². The lowest BCUT2D eigenvalue weighted by atomic mass is 10.3. The SMILES string of the molecule is CN1CCNCc2cncnc21. The van der Waals surface area contributed by atoms with E-state index in [0.717, 1.165) is 25.5 Å². The third-order valence-corrected chi connectivity index (χ3v) is 2.07. The average Bonchev–Trinajstić information content (AvgIpc) is 2.29. The Labute approximate surface area is 71.6 Å². The zero-order valence-corrected chi connectivity index (χ0v) is 7.12. The Hall–Kier alpha value is -1.16. The highest BCUT2D eigenvalue weighted by Crippen LogP contribution is 2.15. The van der Waals surface area contributed by atoms with Crippen LogP contribution in [0.4, 0.5) is 5.82 Å². The molecule has 64 valence electrons. The van der Waals surface area contributed by atoms with Crippen molar-refractivity contribution in [1.82, 2.24) is 15.3 Å². The molecule has 4 heteroatoms. The molecule has 0 bridgehead atoms. The monoisotopic (exact) mass is 164 g/mol. The molecule has 0 saturated heterocycles. The molecule has 0 atom stereocenters. The number of nitrogens with one attached hydrogen (secondary N) is 1. The lowest BCUT2D eigenvalue weighted by Gasteiger charge is -2.15. The maximum absolute atomic E-state index is 4.24. The van der Waals surface area contributed by atoms with Crippen molar-refractivity contribution in [3.05, 3.63) is 18.1 Å². The van der Waals surface area contributed by atoms with E-state index in [1.54, 1.807) is 6.33 Å². The highest BCUT2D eigenvalue weighted by molar-refractivity contribution is 5.45. The fourth-order valence-corrected chi connectivity index (χ4v) is 1.40. The molecule has 0 fully saturated rings. The van der Waals surface area contributed by atoms with Crippen molar-refractivity contribution < 1.29 is 0 Å². The van der Waals surface area contributed by atoms with Crippen LogP contribution >= 0.6 is 0 Å². The van der Waals surface area contributed by atoms with Crippen LogP contribution in [0.1, 0.15) is 5.56 Å².